The van der Waals surface area contributed by atoms with E-state index in [1.165, 1.54) is 0 Å². The van der Waals surface area contributed by atoms with Crippen LogP contribution >= 0.6 is 0 Å². The van der Waals surface area contributed by atoms with Crippen LogP contribution in [-0.4, -0.2) is 57.1 Å². The number of aromatic amines is 1. The molecule has 3 rings (SSSR count). The standard InChI is InChI=1S/C16H24N6O/c1-21(2)16-19-9-12(10-20-16)11-22-7-3-13(4-8-22)14(23)15-17-5-6-18-15/h5-6,9-10,13-14,23H,3-4,7-8,11H2,1-2H3,(H,17,18). The van der Waals surface area contributed by atoms with Crippen molar-refractivity contribution in [1.82, 2.24) is 24.8 Å². The molecule has 0 bridgehead atoms. The second-order valence-electron chi connectivity index (χ2n) is 6.32. The number of aromatic nitrogens is 4. The Balaban J connectivity index is 1.51. The molecule has 124 valence electrons. The lowest BCUT2D eigenvalue weighted by molar-refractivity contribution is 0.0514. The van der Waals surface area contributed by atoms with Crippen molar-refractivity contribution < 1.29 is 5.11 Å². The summed E-state index contributed by atoms with van der Waals surface area (Å²) in [4.78, 5) is 20.2. The number of aliphatic hydroxyl groups excluding tert-OH is 1. The van der Waals surface area contributed by atoms with Gasteiger partial charge in [0, 0.05) is 51.0 Å². The maximum absolute atomic E-state index is 10.4. The van der Waals surface area contributed by atoms with Crippen LogP contribution in [0.25, 0.3) is 0 Å². The fourth-order valence-electron chi connectivity index (χ4n) is 3.01. The van der Waals surface area contributed by atoms with Gasteiger partial charge in [0.1, 0.15) is 11.9 Å². The van der Waals surface area contributed by atoms with Gasteiger partial charge < -0.3 is 15.0 Å². The van der Waals surface area contributed by atoms with Crippen LogP contribution in [0.5, 0.6) is 0 Å². The summed E-state index contributed by atoms with van der Waals surface area (Å²) < 4.78 is 0. The van der Waals surface area contributed by atoms with E-state index in [9.17, 15) is 5.11 Å². The summed E-state index contributed by atoms with van der Waals surface area (Å²) in [5.41, 5.74) is 1.13. The van der Waals surface area contributed by atoms with E-state index in [2.05, 4.69) is 24.8 Å². The average molecular weight is 316 g/mol. The molecule has 0 spiro atoms. The van der Waals surface area contributed by atoms with Crippen LogP contribution in [0.3, 0.4) is 0 Å². The van der Waals surface area contributed by atoms with Gasteiger partial charge in [0.25, 0.3) is 0 Å². The minimum absolute atomic E-state index is 0.268. The molecule has 23 heavy (non-hydrogen) atoms. The molecule has 3 heterocycles. The molecule has 1 saturated heterocycles. The molecule has 1 aliphatic rings. The second kappa shape index (κ2) is 7.06. The molecule has 2 N–H and O–H groups in total. The van der Waals surface area contributed by atoms with Crippen LogP contribution in [0.4, 0.5) is 5.95 Å². The number of nitrogens with zero attached hydrogens (tertiary/aromatic N) is 5. The zero-order chi connectivity index (χ0) is 16.2. The van der Waals surface area contributed by atoms with Crippen molar-refractivity contribution in [3.05, 3.63) is 36.2 Å². The molecule has 0 radical (unpaired) electrons. The molecule has 1 aliphatic heterocycles. The lowest BCUT2D eigenvalue weighted by Crippen LogP contribution is -2.35. The Morgan fingerprint density at radius 1 is 1.26 bits per heavy atom. The van der Waals surface area contributed by atoms with Crippen molar-refractivity contribution in [2.24, 2.45) is 5.92 Å². The Morgan fingerprint density at radius 3 is 2.52 bits per heavy atom. The first-order valence-corrected chi connectivity index (χ1v) is 8.01. The van der Waals surface area contributed by atoms with Gasteiger partial charge in [0.15, 0.2) is 0 Å². The van der Waals surface area contributed by atoms with Crippen molar-refractivity contribution in [2.75, 3.05) is 32.1 Å². The van der Waals surface area contributed by atoms with Gasteiger partial charge in [-0.2, -0.15) is 0 Å². The highest BCUT2D eigenvalue weighted by atomic mass is 16.3. The lowest BCUT2D eigenvalue weighted by atomic mass is 9.90. The summed E-state index contributed by atoms with van der Waals surface area (Å²) in [5, 5.41) is 10.4. The van der Waals surface area contributed by atoms with Gasteiger partial charge in [-0.05, 0) is 31.8 Å². The Kier molecular flexibility index (Phi) is 4.88. The molecule has 2 aromatic heterocycles. The third kappa shape index (κ3) is 3.86. The van der Waals surface area contributed by atoms with E-state index in [0.29, 0.717) is 5.82 Å². The van der Waals surface area contributed by atoms with E-state index in [1.807, 2.05) is 31.4 Å². The minimum Gasteiger partial charge on any atom is -0.385 e. The first kappa shape index (κ1) is 15.9. The maximum Gasteiger partial charge on any atom is 0.224 e. The fourth-order valence-corrected chi connectivity index (χ4v) is 3.01. The van der Waals surface area contributed by atoms with Crippen LogP contribution in [0.2, 0.25) is 0 Å². The summed E-state index contributed by atoms with van der Waals surface area (Å²) in [5.74, 6) is 1.68. The Morgan fingerprint density at radius 2 is 1.96 bits per heavy atom. The number of imidazole rings is 1. The molecular weight excluding hydrogens is 292 g/mol. The fraction of sp³-hybridized carbons (Fsp3) is 0.562. The molecule has 1 unspecified atom stereocenters. The Hall–Kier alpha value is -1.99. The number of anilines is 1. The average Bonchev–Trinajstić information content (AvgIpc) is 3.10. The summed E-state index contributed by atoms with van der Waals surface area (Å²) in [6.07, 6.45) is 8.68. The maximum atomic E-state index is 10.4. The number of rotatable bonds is 5. The van der Waals surface area contributed by atoms with E-state index in [1.54, 1.807) is 12.4 Å². The van der Waals surface area contributed by atoms with Gasteiger partial charge in [0.2, 0.25) is 5.95 Å². The van der Waals surface area contributed by atoms with Crippen molar-refractivity contribution in [2.45, 2.75) is 25.5 Å². The van der Waals surface area contributed by atoms with Gasteiger partial charge in [0.05, 0.1) is 0 Å². The van der Waals surface area contributed by atoms with Crippen LogP contribution in [0.15, 0.2) is 24.8 Å². The van der Waals surface area contributed by atoms with E-state index < -0.39 is 6.10 Å². The second-order valence-corrected chi connectivity index (χ2v) is 6.32. The van der Waals surface area contributed by atoms with Gasteiger partial charge in [-0.1, -0.05) is 0 Å². The summed E-state index contributed by atoms with van der Waals surface area (Å²) in [6, 6.07) is 0. The molecule has 1 fully saturated rings. The van der Waals surface area contributed by atoms with Gasteiger partial charge in [-0.3, -0.25) is 4.90 Å². The highest BCUT2D eigenvalue weighted by Crippen LogP contribution is 2.29. The van der Waals surface area contributed by atoms with E-state index in [-0.39, 0.29) is 5.92 Å². The molecule has 7 nitrogen and oxygen atoms in total. The summed E-state index contributed by atoms with van der Waals surface area (Å²) >= 11 is 0. The SMILES string of the molecule is CN(C)c1ncc(CN2CCC(C(O)c3ncc[nH]3)CC2)cn1. The van der Waals surface area contributed by atoms with Crippen LogP contribution in [0, 0.1) is 5.92 Å². The minimum atomic E-state index is -0.491. The molecule has 0 aromatic carbocycles. The highest BCUT2D eigenvalue weighted by Gasteiger charge is 2.27. The number of hydrogen-bond donors (Lipinski definition) is 2. The molecule has 1 atom stereocenters. The van der Waals surface area contributed by atoms with Gasteiger partial charge in [-0.15, -0.1) is 0 Å². The third-order valence-electron chi connectivity index (χ3n) is 4.38. The monoisotopic (exact) mass is 316 g/mol. The van der Waals surface area contributed by atoms with Crippen molar-refractivity contribution >= 4 is 5.95 Å². The number of H-pyrrole nitrogens is 1. The largest absolute Gasteiger partial charge is 0.385 e. The molecule has 0 aliphatic carbocycles. The number of likely N-dealkylation sites (tertiary alicyclic amines) is 1. The Bertz CT molecular complexity index is 590. The molecule has 2 aromatic rings. The van der Waals surface area contributed by atoms with Crippen molar-refractivity contribution in [3.63, 3.8) is 0 Å². The molecule has 0 amide bonds. The van der Waals surface area contributed by atoms with Gasteiger partial charge in [-0.25, -0.2) is 15.0 Å². The van der Waals surface area contributed by atoms with E-state index >= 15 is 0 Å². The smallest absolute Gasteiger partial charge is 0.224 e. The van der Waals surface area contributed by atoms with Crippen LogP contribution < -0.4 is 4.90 Å². The highest BCUT2D eigenvalue weighted by molar-refractivity contribution is 5.26. The summed E-state index contributed by atoms with van der Waals surface area (Å²) in [7, 11) is 3.87. The Labute approximate surface area is 136 Å². The predicted molar refractivity (Wildman–Crippen MR) is 87.9 cm³/mol. The number of nitrogens with one attached hydrogen (secondary N) is 1. The van der Waals surface area contributed by atoms with Crippen molar-refractivity contribution in [1.29, 1.82) is 0 Å². The number of hydrogen-bond acceptors (Lipinski definition) is 6. The lowest BCUT2D eigenvalue weighted by Gasteiger charge is -2.33. The molecule has 7 heteroatoms. The number of piperidine rings is 1. The normalized spacial score (nSPS) is 18.0. The topological polar surface area (TPSA) is 81.2 Å². The zero-order valence-corrected chi connectivity index (χ0v) is 13.7. The van der Waals surface area contributed by atoms with Crippen LogP contribution in [0.1, 0.15) is 30.3 Å². The first-order valence-electron chi connectivity index (χ1n) is 8.01. The van der Waals surface area contributed by atoms with Gasteiger partial charge >= 0.3 is 0 Å². The zero-order valence-electron chi connectivity index (χ0n) is 13.7. The summed E-state index contributed by atoms with van der Waals surface area (Å²) in [6.45, 7) is 2.80. The predicted octanol–water partition coefficient (Wildman–Crippen LogP) is 1.21. The first-order chi connectivity index (χ1) is 11.1. The molecule has 0 saturated carbocycles. The van der Waals surface area contributed by atoms with E-state index in [0.717, 1.165) is 44.0 Å². The van der Waals surface area contributed by atoms with Crippen LogP contribution in [-0.2, 0) is 6.54 Å². The van der Waals surface area contributed by atoms with Crippen molar-refractivity contribution in [3.8, 4) is 0 Å². The van der Waals surface area contributed by atoms with E-state index in [4.69, 9.17) is 0 Å². The third-order valence-corrected chi connectivity index (χ3v) is 4.38. The molecular formula is C16H24N6O. The number of aliphatic hydroxyl groups is 1. The quantitative estimate of drug-likeness (QED) is 0.863.